The zero-order valence-corrected chi connectivity index (χ0v) is 15.3. The van der Waals surface area contributed by atoms with E-state index >= 15 is 0 Å². The van der Waals surface area contributed by atoms with Gasteiger partial charge in [-0.05, 0) is 31.9 Å². The van der Waals surface area contributed by atoms with Crippen LogP contribution in [0.3, 0.4) is 0 Å². The summed E-state index contributed by atoms with van der Waals surface area (Å²) in [6.45, 7) is 0. The molecule has 0 amide bonds. The van der Waals surface area contributed by atoms with Gasteiger partial charge in [0.1, 0.15) is 0 Å². The van der Waals surface area contributed by atoms with Crippen molar-refractivity contribution in [3.63, 3.8) is 0 Å². The lowest BCUT2D eigenvalue weighted by molar-refractivity contribution is -0.297. The van der Waals surface area contributed by atoms with Gasteiger partial charge in [-0.2, -0.15) is 0 Å². The Morgan fingerprint density at radius 3 is 1.47 bits per heavy atom. The smallest absolute Gasteiger partial charge is 0.402 e. The number of rotatable bonds is 7. The highest BCUT2D eigenvalue weighted by Gasteiger charge is 2.47. The zero-order valence-electron chi connectivity index (χ0n) is 15.3. The van der Waals surface area contributed by atoms with Crippen molar-refractivity contribution in [1.82, 2.24) is 5.32 Å². The molecule has 0 bridgehead atoms. The van der Waals surface area contributed by atoms with Crippen molar-refractivity contribution in [2.75, 3.05) is 7.05 Å². The second kappa shape index (κ2) is 8.47. The topological polar surface area (TPSA) is 49.0 Å². The van der Waals surface area contributed by atoms with E-state index in [4.69, 9.17) is 0 Å². The number of ether oxygens (including phenoxy) is 4. The molecule has 1 fully saturated rings. The largest absolute Gasteiger partial charge is 0.573 e. The van der Waals surface area contributed by atoms with Gasteiger partial charge in [-0.25, -0.2) is 0 Å². The predicted molar refractivity (Wildman–Crippen MR) is 77.7 cm³/mol. The second-order valence-corrected chi connectivity index (χ2v) is 6.25. The van der Waals surface area contributed by atoms with E-state index in [0.29, 0.717) is 12.8 Å². The molecule has 1 unspecified atom stereocenters. The Bertz CT molecular complexity index is 811. The second-order valence-electron chi connectivity index (χ2n) is 6.25. The first-order valence-electron chi connectivity index (χ1n) is 8.21. The Labute approximate surface area is 170 Å². The van der Waals surface area contributed by atoms with Crippen molar-refractivity contribution in [2.24, 2.45) is 5.92 Å². The number of hydrogen-bond acceptors (Lipinski definition) is 5. The molecule has 184 valence electrons. The molecule has 0 heterocycles. The Morgan fingerprint density at radius 2 is 1.09 bits per heavy atom. The van der Waals surface area contributed by atoms with Crippen LogP contribution in [0.5, 0.6) is 23.0 Å². The van der Waals surface area contributed by atoms with Gasteiger partial charge >= 0.3 is 25.4 Å². The van der Waals surface area contributed by atoms with Crippen LogP contribution < -0.4 is 24.3 Å². The summed E-state index contributed by atoms with van der Waals surface area (Å²) in [5.41, 5.74) is -1.03. The number of benzene rings is 1. The standard InChI is InChI=1S/C15H11F12NO4/c1-28-8(5-2-3-5)6-4-7(29-12(16,17)18)10(31-14(22,23)24)11(32-15(25,26)27)9(6)30-13(19,20)21/h4-5,8,28H,2-3H2,1H3. The molecule has 1 aromatic carbocycles. The fourth-order valence-electron chi connectivity index (χ4n) is 2.77. The van der Waals surface area contributed by atoms with Gasteiger partial charge in [-0.3, -0.25) is 0 Å². The summed E-state index contributed by atoms with van der Waals surface area (Å²) in [5.74, 6) is -9.51. The van der Waals surface area contributed by atoms with Crippen LogP contribution in [0.25, 0.3) is 0 Å². The van der Waals surface area contributed by atoms with Crippen LogP contribution in [-0.2, 0) is 0 Å². The Balaban J connectivity index is 2.90. The molecular formula is C15H11F12NO4. The molecule has 0 radical (unpaired) electrons. The maximum absolute atomic E-state index is 12.9. The normalized spacial score (nSPS) is 16.5. The molecular weight excluding hydrogens is 486 g/mol. The minimum absolute atomic E-state index is 0.0123. The van der Waals surface area contributed by atoms with Crippen LogP contribution in [0.4, 0.5) is 52.7 Å². The third kappa shape index (κ3) is 7.59. The number of nitrogens with one attached hydrogen (secondary N) is 1. The highest BCUT2D eigenvalue weighted by Crippen LogP contribution is 2.56. The van der Waals surface area contributed by atoms with E-state index in [1.807, 2.05) is 0 Å². The first-order chi connectivity index (χ1) is 14.3. The fraction of sp³-hybridized carbons (Fsp3) is 0.600. The van der Waals surface area contributed by atoms with Crippen LogP contribution in [-0.4, -0.2) is 32.5 Å². The van der Waals surface area contributed by atoms with Gasteiger partial charge in [-0.1, -0.05) is 0 Å². The van der Waals surface area contributed by atoms with E-state index in [0.717, 1.165) is 7.05 Å². The highest BCUT2D eigenvalue weighted by molar-refractivity contribution is 5.64. The lowest BCUT2D eigenvalue weighted by atomic mass is 9.99. The summed E-state index contributed by atoms with van der Waals surface area (Å²) >= 11 is 0. The molecule has 0 aliphatic heterocycles. The minimum atomic E-state index is -5.96. The van der Waals surface area contributed by atoms with Gasteiger partial charge in [0.15, 0.2) is 11.5 Å². The average molecular weight is 497 g/mol. The highest BCUT2D eigenvalue weighted by atomic mass is 19.4. The van der Waals surface area contributed by atoms with E-state index in [9.17, 15) is 52.7 Å². The predicted octanol–water partition coefficient (Wildman–Crippen LogP) is 5.95. The number of hydrogen-bond donors (Lipinski definition) is 1. The van der Waals surface area contributed by atoms with E-state index in [2.05, 4.69) is 24.3 Å². The van der Waals surface area contributed by atoms with E-state index in [1.165, 1.54) is 0 Å². The summed E-state index contributed by atoms with van der Waals surface area (Å²) in [7, 11) is 1.11. The van der Waals surface area contributed by atoms with E-state index in [1.54, 1.807) is 0 Å². The molecule has 1 saturated carbocycles. The van der Waals surface area contributed by atoms with E-state index < -0.39 is 66.0 Å². The first-order valence-corrected chi connectivity index (χ1v) is 8.21. The Kier molecular flexibility index (Phi) is 6.83. The lowest BCUT2D eigenvalue weighted by Crippen LogP contribution is -2.28. The van der Waals surface area contributed by atoms with Crippen LogP contribution in [0.15, 0.2) is 6.07 Å². The summed E-state index contributed by atoms with van der Waals surface area (Å²) in [6, 6.07) is -1.35. The molecule has 32 heavy (non-hydrogen) atoms. The molecule has 1 N–H and O–H groups in total. The molecule has 2 rings (SSSR count). The molecule has 5 nitrogen and oxygen atoms in total. The Hall–Kier alpha value is -2.46. The minimum Gasteiger partial charge on any atom is -0.402 e. The summed E-state index contributed by atoms with van der Waals surface area (Å²) in [6.07, 6.45) is -22.9. The third-order valence-electron chi connectivity index (χ3n) is 3.80. The zero-order chi connectivity index (χ0) is 24.7. The summed E-state index contributed by atoms with van der Waals surface area (Å²) in [4.78, 5) is 0. The van der Waals surface area contributed by atoms with Crippen LogP contribution in [0.1, 0.15) is 24.4 Å². The van der Waals surface area contributed by atoms with Gasteiger partial charge in [-0.15, -0.1) is 52.7 Å². The maximum atomic E-state index is 12.9. The molecule has 0 spiro atoms. The lowest BCUT2D eigenvalue weighted by Gasteiger charge is -2.27. The molecule has 1 aliphatic carbocycles. The van der Waals surface area contributed by atoms with Gasteiger partial charge in [0.2, 0.25) is 11.5 Å². The Morgan fingerprint density at radius 1 is 0.688 bits per heavy atom. The van der Waals surface area contributed by atoms with Gasteiger partial charge in [0, 0.05) is 11.6 Å². The molecule has 0 aromatic heterocycles. The van der Waals surface area contributed by atoms with Gasteiger partial charge in [0.25, 0.3) is 0 Å². The molecule has 1 aliphatic rings. The number of halogens is 12. The third-order valence-corrected chi connectivity index (χ3v) is 3.80. The molecule has 1 aromatic rings. The summed E-state index contributed by atoms with van der Waals surface area (Å²) < 4.78 is 167. The van der Waals surface area contributed by atoms with E-state index in [-0.39, 0.29) is 6.07 Å². The first kappa shape index (κ1) is 25.8. The van der Waals surface area contributed by atoms with Crippen LogP contribution >= 0.6 is 0 Å². The van der Waals surface area contributed by atoms with Gasteiger partial charge < -0.3 is 24.3 Å². The monoisotopic (exact) mass is 497 g/mol. The van der Waals surface area contributed by atoms with Crippen molar-refractivity contribution in [1.29, 1.82) is 0 Å². The maximum Gasteiger partial charge on any atom is 0.573 e. The molecule has 1 atom stereocenters. The summed E-state index contributed by atoms with van der Waals surface area (Å²) in [5, 5.41) is 2.37. The molecule has 0 saturated heterocycles. The average Bonchev–Trinajstić information content (AvgIpc) is 3.34. The van der Waals surface area contributed by atoms with Gasteiger partial charge in [0.05, 0.1) is 0 Å². The molecule has 17 heteroatoms. The van der Waals surface area contributed by atoms with Crippen molar-refractivity contribution >= 4 is 0 Å². The van der Waals surface area contributed by atoms with Crippen molar-refractivity contribution in [3.05, 3.63) is 11.6 Å². The van der Waals surface area contributed by atoms with Crippen molar-refractivity contribution < 1.29 is 71.6 Å². The fourth-order valence-corrected chi connectivity index (χ4v) is 2.77. The SMILES string of the molecule is CNC(c1cc(OC(F)(F)F)c(OC(F)(F)F)c(OC(F)(F)F)c1OC(F)(F)F)C1CC1. The van der Waals surface area contributed by atoms with Crippen LogP contribution in [0.2, 0.25) is 0 Å². The number of alkyl halides is 12. The van der Waals surface area contributed by atoms with Crippen LogP contribution in [0, 0.1) is 5.92 Å². The van der Waals surface area contributed by atoms with Crippen molar-refractivity contribution in [2.45, 2.75) is 44.3 Å². The quantitative estimate of drug-likeness (QED) is 0.472. The van der Waals surface area contributed by atoms with Crippen molar-refractivity contribution in [3.8, 4) is 23.0 Å².